The number of ether oxygens (including phenoxy) is 2. The van der Waals surface area contributed by atoms with Gasteiger partial charge in [-0.2, -0.15) is 4.99 Å². The van der Waals surface area contributed by atoms with E-state index in [2.05, 4.69) is 4.99 Å². The van der Waals surface area contributed by atoms with Crippen LogP contribution in [0.25, 0.3) is 0 Å². The molecule has 1 aromatic heterocycles. The van der Waals surface area contributed by atoms with Crippen LogP contribution in [0.15, 0.2) is 28.6 Å². The number of amides is 1. The van der Waals surface area contributed by atoms with E-state index >= 15 is 0 Å². The maximum absolute atomic E-state index is 12.6. The van der Waals surface area contributed by atoms with Crippen LogP contribution in [0.4, 0.5) is 0 Å². The minimum absolute atomic E-state index is 0.374. The Bertz CT molecular complexity index is 767. The number of carbonyl (C=O) groups excluding carboxylic acids is 1. The SMILES string of the molecule is COc1ccc(C(=O)N=c2scc(CN)n2CCCN)c(OC)c1. The Morgan fingerprint density at radius 3 is 2.71 bits per heavy atom. The summed E-state index contributed by atoms with van der Waals surface area (Å²) in [6.45, 7) is 1.63. The minimum atomic E-state index is -0.374. The molecule has 0 unspecified atom stereocenters. The van der Waals surface area contributed by atoms with Gasteiger partial charge >= 0.3 is 0 Å². The van der Waals surface area contributed by atoms with Crippen LogP contribution in [0, 0.1) is 0 Å². The molecule has 0 atom stereocenters. The van der Waals surface area contributed by atoms with Crippen molar-refractivity contribution in [1.29, 1.82) is 0 Å². The average molecular weight is 350 g/mol. The lowest BCUT2D eigenvalue weighted by Gasteiger charge is -2.08. The number of thiazole rings is 1. The smallest absolute Gasteiger partial charge is 0.283 e. The Morgan fingerprint density at radius 2 is 2.08 bits per heavy atom. The molecule has 24 heavy (non-hydrogen) atoms. The van der Waals surface area contributed by atoms with Crippen molar-refractivity contribution in [2.45, 2.75) is 19.5 Å². The first kappa shape index (κ1) is 18.2. The summed E-state index contributed by atoms with van der Waals surface area (Å²) in [5.74, 6) is 0.664. The van der Waals surface area contributed by atoms with E-state index in [0.29, 0.717) is 41.5 Å². The Balaban J connectivity index is 2.41. The van der Waals surface area contributed by atoms with Gasteiger partial charge < -0.3 is 25.5 Å². The van der Waals surface area contributed by atoms with E-state index in [1.54, 1.807) is 25.3 Å². The van der Waals surface area contributed by atoms with Crippen molar-refractivity contribution in [3.63, 3.8) is 0 Å². The van der Waals surface area contributed by atoms with Gasteiger partial charge in [0, 0.05) is 30.2 Å². The van der Waals surface area contributed by atoms with Crippen LogP contribution in [0.5, 0.6) is 11.5 Å². The largest absolute Gasteiger partial charge is 0.497 e. The highest BCUT2D eigenvalue weighted by Crippen LogP contribution is 2.25. The van der Waals surface area contributed by atoms with Gasteiger partial charge in [-0.05, 0) is 25.1 Å². The van der Waals surface area contributed by atoms with E-state index < -0.39 is 0 Å². The molecule has 0 saturated heterocycles. The van der Waals surface area contributed by atoms with Gasteiger partial charge in [-0.1, -0.05) is 0 Å². The maximum atomic E-state index is 12.6. The molecule has 0 aliphatic heterocycles. The maximum Gasteiger partial charge on any atom is 0.283 e. The summed E-state index contributed by atoms with van der Waals surface area (Å²) >= 11 is 1.38. The minimum Gasteiger partial charge on any atom is -0.497 e. The van der Waals surface area contributed by atoms with Gasteiger partial charge in [0.2, 0.25) is 0 Å². The number of nitrogens with two attached hydrogens (primary N) is 2. The summed E-state index contributed by atoms with van der Waals surface area (Å²) in [6, 6.07) is 5.00. The van der Waals surface area contributed by atoms with Gasteiger partial charge in [-0.3, -0.25) is 4.79 Å². The van der Waals surface area contributed by atoms with Gasteiger partial charge in [-0.15, -0.1) is 11.3 Å². The number of benzene rings is 1. The van der Waals surface area contributed by atoms with Crippen LogP contribution >= 0.6 is 11.3 Å². The highest BCUT2D eigenvalue weighted by molar-refractivity contribution is 7.07. The van der Waals surface area contributed by atoms with Gasteiger partial charge in [0.05, 0.1) is 19.8 Å². The van der Waals surface area contributed by atoms with Crippen molar-refractivity contribution >= 4 is 17.2 Å². The van der Waals surface area contributed by atoms with E-state index in [1.807, 2.05) is 9.95 Å². The van der Waals surface area contributed by atoms with E-state index in [4.69, 9.17) is 20.9 Å². The normalized spacial score (nSPS) is 11.6. The van der Waals surface area contributed by atoms with Crippen LogP contribution < -0.4 is 25.7 Å². The van der Waals surface area contributed by atoms with E-state index in [0.717, 1.165) is 12.1 Å². The molecule has 4 N–H and O–H groups in total. The molecule has 1 aromatic carbocycles. The standard InChI is InChI=1S/C16H22N4O3S/c1-22-12-4-5-13(14(8-12)23-2)15(21)19-16-20(7-3-6-17)11(9-18)10-24-16/h4-5,8,10H,3,6-7,9,17-18H2,1-2H3. The molecule has 130 valence electrons. The third kappa shape index (κ3) is 4.02. The summed E-state index contributed by atoms with van der Waals surface area (Å²) in [6.07, 6.45) is 0.789. The third-order valence-electron chi connectivity index (χ3n) is 3.51. The Kier molecular flexibility index (Phi) is 6.53. The fourth-order valence-corrected chi connectivity index (χ4v) is 3.16. The average Bonchev–Trinajstić information content (AvgIpc) is 3.00. The molecule has 7 nitrogen and oxygen atoms in total. The topological polar surface area (TPSA) is 105 Å². The van der Waals surface area contributed by atoms with Crippen molar-refractivity contribution < 1.29 is 14.3 Å². The van der Waals surface area contributed by atoms with E-state index in [1.165, 1.54) is 18.4 Å². The second kappa shape index (κ2) is 8.62. The zero-order valence-corrected chi connectivity index (χ0v) is 14.6. The highest BCUT2D eigenvalue weighted by Gasteiger charge is 2.14. The van der Waals surface area contributed by atoms with Crippen molar-refractivity contribution in [2.75, 3.05) is 20.8 Å². The summed E-state index contributed by atoms with van der Waals surface area (Å²) in [5.41, 5.74) is 12.6. The molecule has 0 fully saturated rings. The van der Waals surface area contributed by atoms with E-state index in [-0.39, 0.29) is 5.91 Å². The van der Waals surface area contributed by atoms with Crippen molar-refractivity contribution in [2.24, 2.45) is 16.5 Å². The van der Waals surface area contributed by atoms with Crippen LogP contribution in [0.1, 0.15) is 22.5 Å². The first-order valence-corrected chi connectivity index (χ1v) is 8.41. The molecular formula is C16H22N4O3S. The van der Waals surface area contributed by atoms with Gasteiger partial charge in [0.1, 0.15) is 11.5 Å². The molecule has 0 spiro atoms. The number of nitrogens with zero attached hydrogens (tertiary/aromatic N) is 2. The lowest BCUT2D eigenvalue weighted by Crippen LogP contribution is -2.22. The third-order valence-corrected chi connectivity index (χ3v) is 4.42. The lowest BCUT2D eigenvalue weighted by atomic mass is 10.2. The summed E-state index contributed by atoms with van der Waals surface area (Å²) in [4.78, 5) is 17.4. The molecule has 1 amide bonds. The molecule has 0 bridgehead atoms. The molecule has 2 rings (SSSR count). The Labute approximate surface area is 144 Å². The summed E-state index contributed by atoms with van der Waals surface area (Å²) in [7, 11) is 3.06. The molecule has 8 heteroatoms. The van der Waals surface area contributed by atoms with Crippen LogP contribution in [-0.2, 0) is 13.1 Å². The number of hydrogen-bond acceptors (Lipinski definition) is 6. The van der Waals surface area contributed by atoms with Gasteiger partial charge in [0.25, 0.3) is 5.91 Å². The summed E-state index contributed by atoms with van der Waals surface area (Å²) in [5, 5.41) is 1.91. The van der Waals surface area contributed by atoms with E-state index in [9.17, 15) is 4.79 Å². The van der Waals surface area contributed by atoms with Crippen LogP contribution in [-0.4, -0.2) is 31.2 Å². The molecule has 0 aliphatic rings. The molecular weight excluding hydrogens is 328 g/mol. The number of rotatable bonds is 7. The monoisotopic (exact) mass is 350 g/mol. The zero-order chi connectivity index (χ0) is 17.5. The number of hydrogen-bond donors (Lipinski definition) is 2. The molecule has 0 radical (unpaired) electrons. The number of aromatic nitrogens is 1. The predicted molar refractivity (Wildman–Crippen MR) is 93.3 cm³/mol. The fraction of sp³-hybridized carbons (Fsp3) is 0.375. The molecule has 1 heterocycles. The first-order valence-electron chi connectivity index (χ1n) is 7.53. The molecule has 0 saturated carbocycles. The predicted octanol–water partition coefficient (Wildman–Crippen LogP) is 1.12. The van der Waals surface area contributed by atoms with Crippen molar-refractivity contribution in [3.05, 3.63) is 39.6 Å². The van der Waals surface area contributed by atoms with Crippen molar-refractivity contribution in [3.8, 4) is 11.5 Å². The first-order chi connectivity index (χ1) is 11.6. The number of methoxy groups -OCH3 is 2. The molecule has 0 aliphatic carbocycles. The van der Waals surface area contributed by atoms with Crippen LogP contribution in [0.3, 0.4) is 0 Å². The Hall–Kier alpha value is -2.16. The summed E-state index contributed by atoms with van der Waals surface area (Å²) < 4.78 is 12.3. The Morgan fingerprint density at radius 1 is 1.29 bits per heavy atom. The van der Waals surface area contributed by atoms with Crippen LogP contribution in [0.2, 0.25) is 0 Å². The second-order valence-corrected chi connectivity index (χ2v) is 5.83. The highest BCUT2D eigenvalue weighted by atomic mass is 32.1. The quantitative estimate of drug-likeness (QED) is 0.778. The zero-order valence-electron chi connectivity index (χ0n) is 13.8. The van der Waals surface area contributed by atoms with Gasteiger partial charge in [-0.25, -0.2) is 0 Å². The van der Waals surface area contributed by atoms with Crippen molar-refractivity contribution in [1.82, 2.24) is 4.57 Å². The fourth-order valence-electron chi connectivity index (χ4n) is 2.23. The second-order valence-electron chi connectivity index (χ2n) is 4.99. The van der Waals surface area contributed by atoms with Gasteiger partial charge in [0.15, 0.2) is 4.80 Å². The number of carbonyl (C=O) groups is 1. The molecule has 2 aromatic rings. The lowest BCUT2D eigenvalue weighted by molar-refractivity contribution is 0.0994.